The fraction of sp³-hybridized carbons (Fsp3) is 0.944. The summed E-state index contributed by atoms with van der Waals surface area (Å²) in [6.07, 6.45) is 20.0. The number of esters is 1. The number of carbonyl (C=O) groups is 1. The molecule has 1 rings (SSSR count). The lowest BCUT2D eigenvalue weighted by molar-refractivity contribution is -0.140. The number of methoxy groups -OCH3 is 1. The molecule has 118 valence electrons. The van der Waals surface area contributed by atoms with Gasteiger partial charge in [-0.25, -0.2) is 0 Å². The molecule has 2 nitrogen and oxygen atoms in total. The molecule has 0 heterocycles. The minimum atomic E-state index is -0.0617. The van der Waals surface area contributed by atoms with Gasteiger partial charge in [0.05, 0.1) is 7.11 Å². The normalized spacial score (nSPS) is 16.9. The average molecular weight is 282 g/mol. The first-order valence-electron chi connectivity index (χ1n) is 8.89. The summed E-state index contributed by atoms with van der Waals surface area (Å²) >= 11 is 0. The van der Waals surface area contributed by atoms with Crippen LogP contribution >= 0.6 is 0 Å². The molecular formula is C18H34O2. The smallest absolute Gasteiger partial charge is 0.305 e. The summed E-state index contributed by atoms with van der Waals surface area (Å²) in [5.41, 5.74) is 0. The molecule has 0 aromatic carbocycles. The van der Waals surface area contributed by atoms with Gasteiger partial charge in [0.2, 0.25) is 0 Å². The molecule has 2 heteroatoms. The van der Waals surface area contributed by atoms with Crippen LogP contribution in [0.3, 0.4) is 0 Å². The van der Waals surface area contributed by atoms with E-state index in [1.807, 2.05) is 0 Å². The van der Waals surface area contributed by atoms with Crippen LogP contribution in [0.2, 0.25) is 0 Å². The van der Waals surface area contributed by atoms with E-state index in [4.69, 9.17) is 0 Å². The topological polar surface area (TPSA) is 26.3 Å². The highest BCUT2D eigenvalue weighted by Gasteiger charge is 2.11. The molecule has 0 N–H and O–H groups in total. The Balaban J connectivity index is 1.81. The second-order valence-corrected chi connectivity index (χ2v) is 6.45. The van der Waals surface area contributed by atoms with Crippen LogP contribution < -0.4 is 0 Å². The van der Waals surface area contributed by atoms with E-state index in [1.54, 1.807) is 0 Å². The Morgan fingerprint density at radius 2 is 1.40 bits per heavy atom. The predicted octanol–water partition coefficient (Wildman–Crippen LogP) is 5.64. The molecule has 0 aliphatic heterocycles. The molecule has 0 aromatic rings. The number of rotatable bonds is 10. The average Bonchev–Trinajstić information content (AvgIpc) is 2.74. The fourth-order valence-corrected chi connectivity index (χ4v) is 3.34. The fourth-order valence-electron chi connectivity index (χ4n) is 3.34. The SMILES string of the molecule is COC(=O)CCCCCCCCCC1CCCCCC1. The van der Waals surface area contributed by atoms with Crippen molar-refractivity contribution in [3.8, 4) is 0 Å². The van der Waals surface area contributed by atoms with E-state index >= 15 is 0 Å². The highest BCUT2D eigenvalue weighted by molar-refractivity contribution is 5.68. The number of carbonyl (C=O) groups excluding carboxylic acids is 1. The van der Waals surface area contributed by atoms with E-state index in [2.05, 4.69) is 4.74 Å². The van der Waals surface area contributed by atoms with Crippen molar-refractivity contribution >= 4 is 5.97 Å². The summed E-state index contributed by atoms with van der Waals surface area (Å²) in [6.45, 7) is 0. The number of hydrogen-bond donors (Lipinski definition) is 0. The molecule has 0 radical (unpaired) electrons. The summed E-state index contributed by atoms with van der Waals surface area (Å²) in [6, 6.07) is 0. The first kappa shape index (κ1) is 17.5. The zero-order valence-corrected chi connectivity index (χ0v) is 13.5. The third-order valence-electron chi connectivity index (χ3n) is 4.70. The molecule has 20 heavy (non-hydrogen) atoms. The van der Waals surface area contributed by atoms with Gasteiger partial charge in [0.25, 0.3) is 0 Å². The van der Waals surface area contributed by atoms with Crippen LogP contribution in [-0.4, -0.2) is 13.1 Å². The Hall–Kier alpha value is -0.530. The molecule has 0 atom stereocenters. The van der Waals surface area contributed by atoms with Gasteiger partial charge in [-0.3, -0.25) is 4.79 Å². The summed E-state index contributed by atoms with van der Waals surface area (Å²) in [7, 11) is 1.47. The summed E-state index contributed by atoms with van der Waals surface area (Å²) in [5, 5.41) is 0. The lowest BCUT2D eigenvalue weighted by atomic mass is 9.93. The van der Waals surface area contributed by atoms with E-state index in [0.29, 0.717) is 6.42 Å². The van der Waals surface area contributed by atoms with Gasteiger partial charge in [0, 0.05) is 6.42 Å². The van der Waals surface area contributed by atoms with Crippen LogP contribution in [0.1, 0.15) is 96.3 Å². The van der Waals surface area contributed by atoms with Crippen LogP contribution in [0.5, 0.6) is 0 Å². The second-order valence-electron chi connectivity index (χ2n) is 6.45. The van der Waals surface area contributed by atoms with Crippen molar-refractivity contribution in [2.75, 3.05) is 7.11 Å². The van der Waals surface area contributed by atoms with Crippen molar-refractivity contribution < 1.29 is 9.53 Å². The van der Waals surface area contributed by atoms with Gasteiger partial charge in [-0.1, -0.05) is 83.5 Å². The number of unbranched alkanes of at least 4 members (excludes halogenated alkanes) is 6. The van der Waals surface area contributed by atoms with E-state index in [-0.39, 0.29) is 5.97 Å². The van der Waals surface area contributed by atoms with Crippen molar-refractivity contribution in [3.05, 3.63) is 0 Å². The molecule has 0 bridgehead atoms. The van der Waals surface area contributed by atoms with E-state index in [1.165, 1.54) is 90.6 Å². The Morgan fingerprint density at radius 1 is 0.850 bits per heavy atom. The quantitative estimate of drug-likeness (QED) is 0.294. The molecule has 0 saturated heterocycles. The largest absolute Gasteiger partial charge is 0.469 e. The highest BCUT2D eigenvalue weighted by atomic mass is 16.5. The van der Waals surface area contributed by atoms with Gasteiger partial charge >= 0.3 is 5.97 Å². The maximum absolute atomic E-state index is 10.9. The minimum Gasteiger partial charge on any atom is -0.469 e. The molecule has 0 spiro atoms. The van der Waals surface area contributed by atoms with Crippen molar-refractivity contribution in [1.29, 1.82) is 0 Å². The second kappa shape index (κ2) is 12.2. The molecule has 1 aliphatic carbocycles. The lowest BCUT2D eigenvalue weighted by Crippen LogP contribution is -1.99. The zero-order valence-electron chi connectivity index (χ0n) is 13.5. The maximum Gasteiger partial charge on any atom is 0.305 e. The van der Waals surface area contributed by atoms with Crippen molar-refractivity contribution in [1.82, 2.24) is 0 Å². The summed E-state index contributed by atoms with van der Waals surface area (Å²) in [5.74, 6) is 0.978. The third kappa shape index (κ3) is 9.39. The maximum atomic E-state index is 10.9. The van der Waals surface area contributed by atoms with E-state index < -0.39 is 0 Å². The highest BCUT2D eigenvalue weighted by Crippen LogP contribution is 2.27. The molecule has 0 aromatic heterocycles. The molecule has 1 fully saturated rings. The minimum absolute atomic E-state index is 0.0617. The zero-order chi connectivity index (χ0) is 14.5. The summed E-state index contributed by atoms with van der Waals surface area (Å²) < 4.78 is 4.64. The van der Waals surface area contributed by atoms with Gasteiger partial charge in [-0.15, -0.1) is 0 Å². The van der Waals surface area contributed by atoms with Crippen molar-refractivity contribution in [2.24, 2.45) is 5.92 Å². The molecule has 1 saturated carbocycles. The van der Waals surface area contributed by atoms with Crippen LogP contribution in [0, 0.1) is 5.92 Å². The van der Waals surface area contributed by atoms with Gasteiger partial charge in [0.1, 0.15) is 0 Å². The van der Waals surface area contributed by atoms with E-state index in [0.717, 1.165) is 12.3 Å². The van der Waals surface area contributed by atoms with Crippen molar-refractivity contribution in [3.63, 3.8) is 0 Å². The lowest BCUT2D eigenvalue weighted by Gasteiger charge is -2.13. The van der Waals surface area contributed by atoms with Crippen LogP contribution in [0.25, 0.3) is 0 Å². The van der Waals surface area contributed by atoms with Gasteiger partial charge in [-0.2, -0.15) is 0 Å². The first-order chi connectivity index (χ1) is 9.83. The standard InChI is InChI=1S/C18H34O2/c1-20-18(19)16-12-6-4-2-3-5-9-13-17-14-10-7-8-11-15-17/h17H,2-16H2,1H3. The Bertz CT molecular complexity index is 230. The van der Waals surface area contributed by atoms with Gasteiger partial charge in [0.15, 0.2) is 0 Å². The Morgan fingerprint density at radius 3 is 2.00 bits per heavy atom. The van der Waals surface area contributed by atoms with Gasteiger partial charge < -0.3 is 4.74 Å². The monoisotopic (exact) mass is 282 g/mol. The van der Waals surface area contributed by atoms with E-state index in [9.17, 15) is 4.79 Å². The van der Waals surface area contributed by atoms with Gasteiger partial charge in [-0.05, 0) is 12.3 Å². The first-order valence-corrected chi connectivity index (χ1v) is 8.89. The van der Waals surface area contributed by atoms with Crippen LogP contribution in [-0.2, 0) is 9.53 Å². The molecule has 0 unspecified atom stereocenters. The molecular weight excluding hydrogens is 248 g/mol. The predicted molar refractivity (Wildman–Crippen MR) is 84.8 cm³/mol. The molecule has 1 aliphatic rings. The third-order valence-corrected chi connectivity index (χ3v) is 4.70. The molecule has 0 amide bonds. The van der Waals surface area contributed by atoms with Crippen molar-refractivity contribution in [2.45, 2.75) is 96.3 Å². The number of hydrogen-bond acceptors (Lipinski definition) is 2. The Labute approximate surface area is 125 Å². The summed E-state index contributed by atoms with van der Waals surface area (Å²) in [4.78, 5) is 10.9. The van der Waals surface area contributed by atoms with Crippen LogP contribution in [0.4, 0.5) is 0 Å². The number of ether oxygens (including phenoxy) is 1. The Kier molecular flexibility index (Phi) is 10.7. The van der Waals surface area contributed by atoms with Crippen LogP contribution in [0.15, 0.2) is 0 Å².